The Morgan fingerprint density at radius 1 is 1.20 bits per heavy atom. The molecule has 4 aliphatic carbocycles. The molecule has 0 saturated heterocycles. The van der Waals surface area contributed by atoms with Crippen LogP contribution in [0.2, 0.25) is 0 Å². The van der Waals surface area contributed by atoms with Crippen LogP contribution in [0.25, 0.3) is 0 Å². The Morgan fingerprint density at radius 2 is 1.80 bits per heavy atom. The molecule has 0 heterocycles. The first kappa shape index (κ1) is 16.9. The van der Waals surface area contributed by atoms with Crippen molar-refractivity contribution in [2.45, 2.75) is 64.8 Å². The van der Waals surface area contributed by atoms with E-state index in [0.29, 0.717) is 16.7 Å². The van der Waals surface area contributed by atoms with Crippen LogP contribution in [0.5, 0.6) is 0 Å². The molecule has 2 N–H and O–H groups in total. The Bertz CT molecular complexity index is 637. The Labute approximate surface area is 149 Å². The van der Waals surface area contributed by atoms with Crippen molar-refractivity contribution >= 4 is 11.7 Å². The van der Waals surface area contributed by atoms with Crippen molar-refractivity contribution < 1.29 is 9.18 Å². The first-order chi connectivity index (χ1) is 12.0. The number of anilines is 1. The van der Waals surface area contributed by atoms with Gasteiger partial charge in [0.15, 0.2) is 0 Å². The number of carbonyl (C=O) groups is 1. The average Bonchev–Trinajstić information content (AvgIpc) is 2.54. The third-order valence-electron chi connectivity index (χ3n) is 6.97. The van der Waals surface area contributed by atoms with E-state index >= 15 is 0 Å². The minimum atomic E-state index is -0.286. The Hall–Kier alpha value is -1.58. The zero-order chi connectivity index (χ0) is 17.6. The van der Waals surface area contributed by atoms with Crippen LogP contribution < -0.4 is 10.6 Å². The molecule has 0 aliphatic heterocycles. The third kappa shape index (κ3) is 3.16. The average molecular weight is 344 g/mol. The first-order valence-corrected chi connectivity index (χ1v) is 9.81. The van der Waals surface area contributed by atoms with E-state index in [1.54, 1.807) is 19.1 Å². The van der Waals surface area contributed by atoms with Gasteiger partial charge in [0.25, 0.3) is 0 Å². The van der Waals surface area contributed by atoms with E-state index in [1.165, 1.54) is 44.6 Å². The number of nitrogens with one attached hydrogen (secondary N) is 2. The standard InChI is InChI=1S/C21H29FN2O/c1-3-19(21-10-14-6-15(11-21)8-16(7-14)12-21)24-20(25)23-17-5-4-13(2)18(22)9-17/h4-5,9,14-16,19H,3,6-8,10-12H2,1-2H3,(H2,23,24,25)/t14?,15?,16?,19-,21?/m0/s1. The zero-order valence-electron chi connectivity index (χ0n) is 15.3. The monoisotopic (exact) mass is 344 g/mol. The lowest BCUT2D eigenvalue weighted by molar-refractivity contribution is -0.0719. The van der Waals surface area contributed by atoms with E-state index in [9.17, 15) is 9.18 Å². The van der Waals surface area contributed by atoms with Gasteiger partial charge in [0.1, 0.15) is 5.82 Å². The number of aryl methyl sites for hydroxylation is 1. The second-order valence-corrected chi connectivity index (χ2v) is 8.80. The van der Waals surface area contributed by atoms with Gasteiger partial charge in [0, 0.05) is 11.7 Å². The minimum Gasteiger partial charge on any atom is -0.335 e. The molecule has 3 nitrogen and oxygen atoms in total. The zero-order valence-corrected chi connectivity index (χ0v) is 15.3. The molecule has 4 aliphatic rings. The van der Waals surface area contributed by atoms with Crippen LogP contribution >= 0.6 is 0 Å². The normalized spacial score (nSPS) is 34.0. The van der Waals surface area contributed by atoms with Crippen LogP contribution in [0.4, 0.5) is 14.9 Å². The quantitative estimate of drug-likeness (QED) is 0.769. The second-order valence-electron chi connectivity index (χ2n) is 8.80. The SMILES string of the molecule is CC[C@H](NC(=O)Nc1ccc(C)c(F)c1)C12CC3CC(CC(C3)C1)C2. The number of hydrogen-bond donors (Lipinski definition) is 2. The predicted octanol–water partition coefficient (Wildman–Crippen LogP) is 5.25. The van der Waals surface area contributed by atoms with Crippen molar-refractivity contribution in [3.05, 3.63) is 29.6 Å². The molecule has 1 atom stereocenters. The van der Waals surface area contributed by atoms with Crippen LogP contribution in [0.1, 0.15) is 57.4 Å². The molecule has 1 aromatic rings. The summed E-state index contributed by atoms with van der Waals surface area (Å²) in [4.78, 5) is 12.5. The summed E-state index contributed by atoms with van der Waals surface area (Å²) in [6, 6.07) is 4.85. The van der Waals surface area contributed by atoms with E-state index in [2.05, 4.69) is 17.6 Å². The van der Waals surface area contributed by atoms with Crippen molar-refractivity contribution in [2.75, 3.05) is 5.32 Å². The fourth-order valence-corrected chi connectivity index (χ4v) is 6.29. The molecule has 0 unspecified atom stereocenters. The van der Waals surface area contributed by atoms with Gasteiger partial charge in [0.2, 0.25) is 0 Å². The fraction of sp³-hybridized carbons (Fsp3) is 0.667. The molecule has 136 valence electrons. The molecule has 5 rings (SSSR count). The van der Waals surface area contributed by atoms with Gasteiger partial charge in [-0.15, -0.1) is 0 Å². The number of urea groups is 1. The molecule has 0 radical (unpaired) electrons. The summed E-state index contributed by atoms with van der Waals surface area (Å²) in [5.74, 6) is 2.33. The Kier molecular flexibility index (Phi) is 4.25. The lowest BCUT2D eigenvalue weighted by atomic mass is 9.47. The summed E-state index contributed by atoms with van der Waals surface area (Å²) in [5, 5.41) is 6.05. The third-order valence-corrected chi connectivity index (χ3v) is 6.97. The van der Waals surface area contributed by atoms with E-state index in [1.807, 2.05) is 0 Å². The highest BCUT2D eigenvalue weighted by Crippen LogP contribution is 2.61. The molecule has 4 saturated carbocycles. The highest BCUT2D eigenvalue weighted by Gasteiger charge is 2.54. The predicted molar refractivity (Wildman–Crippen MR) is 98.0 cm³/mol. The van der Waals surface area contributed by atoms with Crippen molar-refractivity contribution in [2.24, 2.45) is 23.2 Å². The van der Waals surface area contributed by atoms with Crippen molar-refractivity contribution in [3.63, 3.8) is 0 Å². The molecule has 2 amide bonds. The number of amides is 2. The summed E-state index contributed by atoms with van der Waals surface area (Å²) in [5.41, 5.74) is 1.39. The Morgan fingerprint density at radius 3 is 2.32 bits per heavy atom. The van der Waals surface area contributed by atoms with Crippen molar-refractivity contribution in [1.82, 2.24) is 5.32 Å². The molecular formula is C21H29FN2O. The lowest BCUT2D eigenvalue weighted by Crippen LogP contribution is -2.57. The smallest absolute Gasteiger partial charge is 0.319 e. The minimum absolute atomic E-state index is 0.203. The molecule has 25 heavy (non-hydrogen) atoms. The van der Waals surface area contributed by atoms with Gasteiger partial charge in [-0.2, -0.15) is 0 Å². The number of benzene rings is 1. The lowest BCUT2D eigenvalue weighted by Gasteiger charge is -2.59. The van der Waals surface area contributed by atoms with E-state index in [0.717, 1.165) is 24.2 Å². The number of carbonyl (C=O) groups excluding carboxylic acids is 1. The van der Waals surface area contributed by atoms with Gasteiger partial charge < -0.3 is 10.6 Å². The summed E-state index contributed by atoms with van der Waals surface area (Å²) in [6.45, 7) is 3.90. The van der Waals surface area contributed by atoms with Crippen LogP contribution in [0, 0.1) is 35.9 Å². The van der Waals surface area contributed by atoms with Gasteiger partial charge >= 0.3 is 6.03 Å². The van der Waals surface area contributed by atoms with E-state index in [4.69, 9.17) is 0 Å². The molecule has 0 aromatic heterocycles. The molecule has 4 fully saturated rings. The summed E-state index contributed by atoms with van der Waals surface area (Å²) in [7, 11) is 0. The van der Waals surface area contributed by atoms with Gasteiger partial charge in [-0.1, -0.05) is 13.0 Å². The molecular weight excluding hydrogens is 315 g/mol. The van der Waals surface area contributed by atoms with Crippen LogP contribution in [-0.4, -0.2) is 12.1 Å². The topological polar surface area (TPSA) is 41.1 Å². The molecule has 0 spiro atoms. The van der Waals surface area contributed by atoms with Crippen LogP contribution in [0.15, 0.2) is 18.2 Å². The van der Waals surface area contributed by atoms with Crippen molar-refractivity contribution in [3.8, 4) is 0 Å². The Balaban J connectivity index is 1.45. The number of hydrogen-bond acceptors (Lipinski definition) is 1. The highest BCUT2D eigenvalue weighted by molar-refractivity contribution is 5.89. The summed E-state index contributed by atoms with van der Waals surface area (Å²) < 4.78 is 13.7. The first-order valence-electron chi connectivity index (χ1n) is 9.81. The van der Waals surface area contributed by atoms with Crippen LogP contribution in [0.3, 0.4) is 0 Å². The summed E-state index contributed by atoms with van der Waals surface area (Å²) in [6.07, 6.45) is 9.01. The maximum absolute atomic E-state index is 13.7. The largest absolute Gasteiger partial charge is 0.335 e. The molecule has 4 bridgehead atoms. The maximum Gasteiger partial charge on any atom is 0.319 e. The van der Waals surface area contributed by atoms with Gasteiger partial charge in [0.05, 0.1) is 0 Å². The van der Waals surface area contributed by atoms with Crippen LogP contribution in [-0.2, 0) is 0 Å². The van der Waals surface area contributed by atoms with E-state index < -0.39 is 0 Å². The van der Waals surface area contributed by atoms with E-state index in [-0.39, 0.29) is 17.9 Å². The number of rotatable bonds is 4. The fourth-order valence-electron chi connectivity index (χ4n) is 6.29. The van der Waals surface area contributed by atoms with Crippen molar-refractivity contribution in [1.29, 1.82) is 0 Å². The van der Waals surface area contributed by atoms with Gasteiger partial charge in [-0.3, -0.25) is 0 Å². The highest BCUT2D eigenvalue weighted by atomic mass is 19.1. The second kappa shape index (κ2) is 6.30. The van der Waals surface area contributed by atoms with Gasteiger partial charge in [-0.05, 0) is 92.7 Å². The molecule has 4 heteroatoms. The van der Waals surface area contributed by atoms with Gasteiger partial charge in [-0.25, -0.2) is 9.18 Å². The maximum atomic E-state index is 13.7. The number of halogens is 1. The summed E-state index contributed by atoms with van der Waals surface area (Å²) >= 11 is 0. The molecule has 1 aromatic carbocycles.